The van der Waals surface area contributed by atoms with Gasteiger partial charge in [0.25, 0.3) is 11.8 Å². The summed E-state index contributed by atoms with van der Waals surface area (Å²) in [7, 11) is 1.60. The zero-order valence-electron chi connectivity index (χ0n) is 17.5. The lowest BCUT2D eigenvalue weighted by molar-refractivity contribution is 0.0793. The summed E-state index contributed by atoms with van der Waals surface area (Å²) in [4.78, 5) is 30.2. The molecule has 0 radical (unpaired) electrons. The molecule has 2 heterocycles. The van der Waals surface area contributed by atoms with Gasteiger partial charge in [0.15, 0.2) is 0 Å². The molecule has 2 aromatic carbocycles. The van der Waals surface area contributed by atoms with Crippen molar-refractivity contribution in [2.24, 2.45) is 0 Å². The predicted octanol–water partition coefficient (Wildman–Crippen LogP) is 4.17. The number of rotatable bonds is 5. The zero-order chi connectivity index (χ0) is 20.9. The van der Waals surface area contributed by atoms with E-state index in [2.05, 4.69) is 10.2 Å². The number of likely N-dealkylation sites (tertiary alicyclic amines) is 1. The molecule has 158 valence electrons. The van der Waals surface area contributed by atoms with E-state index in [4.69, 9.17) is 4.74 Å². The highest BCUT2D eigenvalue weighted by Crippen LogP contribution is 2.29. The van der Waals surface area contributed by atoms with Crippen LogP contribution in [0.5, 0.6) is 5.75 Å². The molecule has 2 fully saturated rings. The van der Waals surface area contributed by atoms with Gasteiger partial charge in [-0.2, -0.15) is 0 Å². The maximum atomic E-state index is 13.3. The van der Waals surface area contributed by atoms with Gasteiger partial charge in [-0.15, -0.1) is 0 Å². The van der Waals surface area contributed by atoms with Gasteiger partial charge in [-0.25, -0.2) is 0 Å². The highest BCUT2D eigenvalue weighted by Gasteiger charge is 2.25. The number of ether oxygens (including phenoxy) is 1. The van der Waals surface area contributed by atoms with E-state index >= 15 is 0 Å². The summed E-state index contributed by atoms with van der Waals surface area (Å²) in [5.74, 6) is 0.562. The summed E-state index contributed by atoms with van der Waals surface area (Å²) in [5.41, 5.74) is 2.85. The SMILES string of the molecule is COc1ccc(C(=O)Nc2ccc(N3CCCCC3)c(C(=O)N3CCCC3)c2)cc1. The summed E-state index contributed by atoms with van der Waals surface area (Å²) >= 11 is 0. The first kappa shape index (κ1) is 20.3. The van der Waals surface area contributed by atoms with E-state index in [0.29, 0.717) is 22.6 Å². The van der Waals surface area contributed by atoms with Crippen LogP contribution in [0, 0.1) is 0 Å². The Labute approximate surface area is 177 Å². The van der Waals surface area contributed by atoms with Gasteiger partial charge in [0.05, 0.1) is 12.7 Å². The number of nitrogens with one attached hydrogen (secondary N) is 1. The Bertz CT molecular complexity index is 898. The molecule has 6 nitrogen and oxygen atoms in total. The molecule has 2 amide bonds. The van der Waals surface area contributed by atoms with E-state index in [0.717, 1.165) is 57.5 Å². The Morgan fingerprint density at radius 2 is 1.53 bits per heavy atom. The third-order valence-corrected chi connectivity index (χ3v) is 5.93. The lowest BCUT2D eigenvalue weighted by Gasteiger charge is -2.31. The van der Waals surface area contributed by atoms with Crippen LogP contribution in [0.3, 0.4) is 0 Å². The smallest absolute Gasteiger partial charge is 0.256 e. The number of piperidine rings is 1. The van der Waals surface area contributed by atoms with Crippen molar-refractivity contribution in [3.05, 3.63) is 53.6 Å². The van der Waals surface area contributed by atoms with Crippen LogP contribution in [0.2, 0.25) is 0 Å². The summed E-state index contributed by atoms with van der Waals surface area (Å²) in [5, 5.41) is 2.94. The molecule has 2 aliphatic rings. The van der Waals surface area contributed by atoms with Gasteiger partial charge in [-0.05, 0) is 74.6 Å². The fourth-order valence-electron chi connectivity index (χ4n) is 4.23. The molecule has 0 bridgehead atoms. The molecule has 6 heteroatoms. The van der Waals surface area contributed by atoms with E-state index < -0.39 is 0 Å². The Balaban J connectivity index is 1.59. The predicted molar refractivity (Wildman–Crippen MR) is 119 cm³/mol. The number of hydrogen-bond donors (Lipinski definition) is 1. The topological polar surface area (TPSA) is 61.9 Å². The van der Waals surface area contributed by atoms with Gasteiger partial charge >= 0.3 is 0 Å². The number of carbonyl (C=O) groups excluding carboxylic acids is 2. The molecule has 0 spiro atoms. The zero-order valence-corrected chi connectivity index (χ0v) is 17.5. The maximum absolute atomic E-state index is 13.3. The second kappa shape index (κ2) is 9.20. The Kier molecular flexibility index (Phi) is 6.21. The molecular formula is C24H29N3O3. The second-order valence-electron chi connectivity index (χ2n) is 7.96. The van der Waals surface area contributed by atoms with Gasteiger partial charge in [-0.1, -0.05) is 0 Å². The van der Waals surface area contributed by atoms with Crippen LogP contribution in [-0.4, -0.2) is 50.0 Å². The van der Waals surface area contributed by atoms with Gasteiger partial charge in [0, 0.05) is 43.1 Å². The summed E-state index contributed by atoms with van der Waals surface area (Å²) in [6, 6.07) is 12.7. The van der Waals surface area contributed by atoms with Gasteiger partial charge in [-0.3, -0.25) is 9.59 Å². The van der Waals surface area contributed by atoms with Crippen molar-refractivity contribution < 1.29 is 14.3 Å². The van der Waals surface area contributed by atoms with E-state index in [1.165, 1.54) is 6.42 Å². The molecule has 30 heavy (non-hydrogen) atoms. The van der Waals surface area contributed by atoms with Crippen LogP contribution in [0.1, 0.15) is 52.8 Å². The molecule has 4 rings (SSSR count). The van der Waals surface area contributed by atoms with E-state index in [9.17, 15) is 9.59 Å². The molecule has 0 saturated carbocycles. The number of nitrogens with zero attached hydrogens (tertiary/aromatic N) is 2. The minimum absolute atomic E-state index is 0.0635. The molecule has 1 N–H and O–H groups in total. The number of amides is 2. The molecule has 0 aromatic heterocycles. The van der Waals surface area contributed by atoms with Crippen LogP contribution in [0.25, 0.3) is 0 Å². The largest absolute Gasteiger partial charge is 0.497 e. The van der Waals surface area contributed by atoms with Crippen molar-refractivity contribution in [2.75, 3.05) is 43.5 Å². The van der Waals surface area contributed by atoms with Crippen LogP contribution in [-0.2, 0) is 0 Å². The first-order chi connectivity index (χ1) is 14.7. The minimum atomic E-state index is -0.206. The van der Waals surface area contributed by atoms with E-state index in [1.54, 1.807) is 31.4 Å². The normalized spacial score (nSPS) is 16.4. The Morgan fingerprint density at radius 3 is 2.20 bits per heavy atom. The van der Waals surface area contributed by atoms with Crippen LogP contribution >= 0.6 is 0 Å². The fraction of sp³-hybridized carbons (Fsp3) is 0.417. The molecule has 0 atom stereocenters. The van der Waals surface area contributed by atoms with Crippen molar-refractivity contribution in [3.63, 3.8) is 0 Å². The van der Waals surface area contributed by atoms with Crippen molar-refractivity contribution >= 4 is 23.2 Å². The maximum Gasteiger partial charge on any atom is 0.256 e. The third-order valence-electron chi connectivity index (χ3n) is 5.93. The molecular weight excluding hydrogens is 378 g/mol. The first-order valence-corrected chi connectivity index (χ1v) is 10.8. The number of anilines is 2. The monoisotopic (exact) mass is 407 g/mol. The average Bonchev–Trinajstić information content (AvgIpc) is 3.34. The number of carbonyl (C=O) groups is 2. The van der Waals surface area contributed by atoms with Gasteiger partial charge in [0.1, 0.15) is 5.75 Å². The van der Waals surface area contributed by atoms with Crippen molar-refractivity contribution in [3.8, 4) is 5.75 Å². The highest BCUT2D eigenvalue weighted by atomic mass is 16.5. The van der Waals surface area contributed by atoms with Gasteiger partial charge in [0.2, 0.25) is 0 Å². The van der Waals surface area contributed by atoms with E-state index in [-0.39, 0.29) is 11.8 Å². The van der Waals surface area contributed by atoms with Crippen molar-refractivity contribution in [1.82, 2.24) is 4.90 Å². The molecule has 2 aliphatic heterocycles. The number of methoxy groups -OCH3 is 1. The van der Waals surface area contributed by atoms with Gasteiger partial charge < -0.3 is 19.9 Å². The molecule has 2 saturated heterocycles. The number of hydrogen-bond acceptors (Lipinski definition) is 4. The third kappa shape index (κ3) is 4.42. The lowest BCUT2D eigenvalue weighted by Crippen LogP contribution is -2.34. The number of benzene rings is 2. The Morgan fingerprint density at radius 1 is 0.867 bits per heavy atom. The highest BCUT2D eigenvalue weighted by molar-refractivity contribution is 6.06. The lowest BCUT2D eigenvalue weighted by atomic mass is 10.0. The Hall–Kier alpha value is -3.02. The average molecular weight is 408 g/mol. The molecule has 2 aromatic rings. The summed E-state index contributed by atoms with van der Waals surface area (Å²) in [6.45, 7) is 3.55. The minimum Gasteiger partial charge on any atom is -0.497 e. The first-order valence-electron chi connectivity index (χ1n) is 10.8. The standard InChI is InChI=1S/C24H29N3O3/c1-30-20-10-7-18(8-11-20)23(28)25-19-9-12-22(26-13-3-2-4-14-26)21(17-19)24(29)27-15-5-6-16-27/h7-12,17H,2-6,13-16H2,1H3,(H,25,28). The molecule has 0 aliphatic carbocycles. The van der Waals surface area contributed by atoms with Crippen LogP contribution in [0.4, 0.5) is 11.4 Å². The summed E-state index contributed by atoms with van der Waals surface area (Å²) < 4.78 is 5.15. The van der Waals surface area contributed by atoms with E-state index in [1.807, 2.05) is 23.1 Å². The van der Waals surface area contributed by atoms with Crippen LogP contribution in [0.15, 0.2) is 42.5 Å². The van der Waals surface area contributed by atoms with Crippen molar-refractivity contribution in [1.29, 1.82) is 0 Å². The van der Waals surface area contributed by atoms with Crippen LogP contribution < -0.4 is 15.0 Å². The summed E-state index contributed by atoms with van der Waals surface area (Å²) in [6.07, 6.45) is 5.64. The fourth-order valence-corrected chi connectivity index (χ4v) is 4.23. The quantitative estimate of drug-likeness (QED) is 0.808. The second-order valence-corrected chi connectivity index (χ2v) is 7.96. The van der Waals surface area contributed by atoms with Crippen molar-refractivity contribution in [2.45, 2.75) is 32.1 Å². The molecule has 0 unspecified atom stereocenters.